The number of nitrogens with two attached hydrogens (primary N) is 1. The highest BCUT2D eigenvalue weighted by atomic mass is 32.2. The number of thioether (sulfide) groups is 1. The molecule has 0 radical (unpaired) electrons. The molecule has 0 aromatic heterocycles. The second-order valence-electron chi connectivity index (χ2n) is 6.22. The van der Waals surface area contributed by atoms with Gasteiger partial charge in [-0.15, -0.1) is 11.8 Å². The number of hydrogen-bond acceptors (Lipinski definition) is 3. The third kappa shape index (κ3) is 3.33. The van der Waals surface area contributed by atoms with Crippen LogP contribution in [0.4, 0.5) is 4.39 Å². The Hall–Kier alpha value is -1.07. The number of nitrogens with one attached hydrogen (secondary N) is 1. The lowest BCUT2D eigenvalue weighted by molar-refractivity contribution is -0.125. The van der Waals surface area contributed by atoms with Gasteiger partial charge in [-0.1, -0.05) is 20.8 Å². The molecule has 5 heteroatoms. The van der Waals surface area contributed by atoms with E-state index in [0.29, 0.717) is 0 Å². The van der Waals surface area contributed by atoms with Crippen LogP contribution in [-0.2, 0) is 4.79 Å². The standard InChI is InChI=1S/C15H21FN2OS/c1-15(2,3)13(17)14(19)18-11-6-7-20-12-5-4-9(16)8-10(11)12/h4-5,8,11,13H,6-7,17H2,1-3H3,(H,18,19)/t11?,13-/m1/s1. The largest absolute Gasteiger partial charge is 0.348 e. The quantitative estimate of drug-likeness (QED) is 0.882. The van der Waals surface area contributed by atoms with Gasteiger partial charge in [-0.3, -0.25) is 4.79 Å². The predicted molar refractivity (Wildman–Crippen MR) is 80.1 cm³/mol. The molecule has 3 N–H and O–H groups in total. The average molecular weight is 296 g/mol. The van der Waals surface area contributed by atoms with Crippen molar-refractivity contribution in [3.05, 3.63) is 29.6 Å². The molecule has 1 unspecified atom stereocenters. The molecule has 1 amide bonds. The van der Waals surface area contributed by atoms with Gasteiger partial charge in [0.15, 0.2) is 0 Å². The second kappa shape index (κ2) is 5.74. The Bertz CT molecular complexity index is 513. The average Bonchev–Trinajstić information content (AvgIpc) is 2.37. The van der Waals surface area contributed by atoms with Crippen LogP contribution in [0.3, 0.4) is 0 Å². The normalized spacial score (nSPS) is 20.1. The van der Waals surface area contributed by atoms with Crippen molar-refractivity contribution in [3.63, 3.8) is 0 Å². The number of fused-ring (bicyclic) bond motifs is 1. The first-order chi connectivity index (χ1) is 9.29. The summed E-state index contributed by atoms with van der Waals surface area (Å²) >= 11 is 1.69. The van der Waals surface area contributed by atoms with Gasteiger partial charge >= 0.3 is 0 Å². The summed E-state index contributed by atoms with van der Waals surface area (Å²) in [6.07, 6.45) is 0.795. The Morgan fingerprint density at radius 1 is 1.50 bits per heavy atom. The van der Waals surface area contributed by atoms with Crippen LogP contribution in [0.2, 0.25) is 0 Å². The minimum absolute atomic E-state index is 0.150. The van der Waals surface area contributed by atoms with Gasteiger partial charge in [-0.05, 0) is 35.6 Å². The molecule has 2 rings (SSSR count). The van der Waals surface area contributed by atoms with E-state index in [1.165, 1.54) is 12.1 Å². The zero-order chi connectivity index (χ0) is 14.9. The van der Waals surface area contributed by atoms with Crippen LogP contribution in [0.1, 0.15) is 38.8 Å². The molecule has 0 spiro atoms. The van der Waals surface area contributed by atoms with Crippen molar-refractivity contribution < 1.29 is 9.18 Å². The molecule has 0 saturated heterocycles. The highest BCUT2D eigenvalue weighted by Crippen LogP contribution is 2.36. The minimum Gasteiger partial charge on any atom is -0.348 e. The molecule has 0 bridgehead atoms. The van der Waals surface area contributed by atoms with Crippen molar-refractivity contribution in [3.8, 4) is 0 Å². The zero-order valence-corrected chi connectivity index (χ0v) is 12.9. The van der Waals surface area contributed by atoms with Gasteiger partial charge in [0.2, 0.25) is 5.91 Å². The van der Waals surface area contributed by atoms with Crippen LogP contribution in [0.25, 0.3) is 0 Å². The summed E-state index contributed by atoms with van der Waals surface area (Å²) in [7, 11) is 0. The van der Waals surface area contributed by atoms with Gasteiger partial charge in [0.05, 0.1) is 12.1 Å². The summed E-state index contributed by atoms with van der Waals surface area (Å²) in [6, 6.07) is 4.01. The Morgan fingerprint density at radius 3 is 2.85 bits per heavy atom. The molecule has 0 saturated carbocycles. The molecule has 20 heavy (non-hydrogen) atoms. The number of carbonyl (C=O) groups excluding carboxylic acids is 1. The molecule has 0 fully saturated rings. The molecule has 1 aliphatic rings. The van der Waals surface area contributed by atoms with Crippen LogP contribution in [0.15, 0.2) is 23.1 Å². The van der Waals surface area contributed by atoms with Crippen LogP contribution in [0, 0.1) is 11.2 Å². The summed E-state index contributed by atoms with van der Waals surface area (Å²) in [5, 5.41) is 2.96. The summed E-state index contributed by atoms with van der Waals surface area (Å²) in [6.45, 7) is 5.80. The first-order valence-electron chi connectivity index (χ1n) is 6.77. The minimum atomic E-state index is -0.575. The molecule has 3 nitrogen and oxygen atoms in total. The zero-order valence-electron chi connectivity index (χ0n) is 12.1. The second-order valence-corrected chi connectivity index (χ2v) is 7.36. The fourth-order valence-corrected chi connectivity index (χ4v) is 3.28. The first-order valence-corrected chi connectivity index (χ1v) is 7.76. The topological polar surface area (TPSA) is 55.1 Å². The molecule has 1 aliphatic heterocycles. The van der Waals surface area contributed by atoms with Crippen molar-refractivity contribution in [2.75, 3.05) is 5.75 Å². The third-order valence-corrected chi connectivity index (χ3v) is 4.67. The molecule has 0 aliphatic carbocycles. The maximum absolute atomic E-state index is 13.4. The van der Waals surface area contributed by atoms with E-state index in [0.717, 1.165) is 22.6 Å². The number of amides is 1. The summed E-state index contributed by atoms with van der Waals surface area (Å²) in [5.74, 6) is 0.462. The Labute approximate surface area is 123 Å². The van der Waals surface area contributed by atoms with Gasteiger partial charge in [0, 0.05) is 10.6 Å². The van der Waals surface area contributed by atoms with Crippen molar-refractivity contribution in [2.24, 2.45) is 11.1 Å². The molecule has 110 valence electrons. The SMILES string of the molecule is CC(C)(C)[C@H](N)C(=O)NC1CCSc2ccc(F)cc21. The highest BCUT2D eigenvalue weighted by Gasteiger charge is 2.30. The van der Waals surface area contributed by atoms with Gasteiger partial charge in [-0.2, -0.15) is 0 Å². The molecule has 1 aromatic carbocycles. The van der Waals surface area contributed by atoms with E-state index in [1.54, 1.807) is 17.8 Å². The lowest BCUT2D eigenvalue weighted by atomic mass is 9.86. The number of benzene rings is 1. The van der Waals surface area contributed by atoms with Crippen LogP contribution >= 0.6 is 11.8 Å². The number of rotatable bonds is 2. The lowest BCUT2D eigenvalue weighted by Crippen LogP contribution is -2.49. The number of hydrogen-bond donors (Lipinski definition) is 2. The van der Waals surface area contributed by atoms with E-state index in [-0.39, 0.29) is 23.2 Å². The summed E-state index contributed by atoms with van der Waals surface area (Å²) < 4.78 is 13.4. The van der Waals surface area contributed by atoms with Crippen molar-refractivity contribution >= 4 is 17.7 Å². The highest BCUT2D eigenvalue weighted by molar-refractivity contribution is 7.99. The molecule has 1 aromatic rings. The van der Waals surface area contributed by atoms with Crippen LogP contribution in [0.5, 0.6) is 0 Å². The first kappa shape index (κ1) is 15.3. The molecular weight excluding hydrogens is 275 g/mol. The maximum Gasteiger partial charge on any atom is 0.237 e. The molecule has 2 atom stereocenters. The lowest BCUT2D eigenvalue weighted by Gasteiger charge is -2.30. The summed E-state index contributed by atoms with van der Waals surface area (Å²) in [4.78, 5) is 13.3. The fraction of sp³-hybridized carbons (Fsp3) is 0.533. The van der Waals surface area contributed by atoms with Gasteiger partial charge in [0.1, 0.15) is 5.82 Å². The smallest absolute Gasteiger partial charge is 0.237 e. The van der Waals surface area contributed by atoms with Crippen molar-refractivity contribution in [1.82, 2.24) is 5.32 Å². The van der Waals surface area contributed by atoms with E-state index in [9.17, 15) is 9.18 Å². The van der Waals surface area contributed by atoms with Crippen molar-refractivity contribution in [2.45, 2.75) is 44.2 Å². The Balaban J connectivity index is 2.16. The van der Waals surface area contributed by atoms with E-state index < -0.39 is 6.04 Å². The van der Waals surface area contributed by atoms with Crippen LogP contribution in [-0.4, -0.2) is 17.7 Å². The maximum atomic E-state index is 13.4. The third-order valence-electron chi connectivity index (χ3n) is 3.54. The number of halogens is 1. The van der Waals surface area contributed by atoms with Crippen LogP contribution < -0.4 is 11.1 Å². The van der Waals surface area contributed by atoms with E-state index >= 15 is 0 Å². The van der Waals surface area contributed by atoms with Gasteiger partial charge in [-0.25, -0.2) is 4.39 Å². The Morgan fingerprint density at radius 2 is 2.20 bits per heavy atom. The van der Waals surface area contributed by atoms with Crippen molar-refractivity contribution in [1.29, 1.82) is 0 Å². The Kier molecular flexibility index (Phi) is 4.39. The van der Waals surface area contributed by atoms with E-state index in [2.05, 4.69) is 5.32 Å². The number of carbonyl (C=O) groups is 1. The summed E-state index contributed by atoms with van der Waals surface area (Å²) in [5.41, 5.74) is 6.53. The van der Waals surface area contributed by atoms with E-state index in [4.69, 9.17) is 5.73 Å². The van der Waals surface area contributed by atoms with E-state index in [1.807, 2.05) is 20.8 Å². The fourth-order valence-electron chi connectivity index (χ4n) is 2.17. The van der Waals surface area contributed by atoms with Gasteiger partial charge < -0.3 is 11.1 Å². The molecule has 1 heterocycles. The van der Waals surface area contributed by atoms with Gasteiger partial charge in [0.25, 0.3) is 0 Å². The predicted octanol–water partition coefficient (Wildman–Crippen LogP) is 2.85. The molecular formula is C15H21FN2OS. The monoisotopic (exact) mass is 296 g/mol.